The molecule has 1 amide bonds. The lowest BCUT2D eigenvalue weighted by atomic mass is 10.0. The van der Waals surface area contributed by atoms with E-state index in [0.29, 0.717) is 13.1 Å². The Labute approximate surface area is 89.9 Å². The van der Waals surface area contributed by atoms with Crippen molar-refractivity contribution in [2.45, 2.75) is 25.4 Å². The van der Waals surface area contributed by atoms with Gasteiger partial charge in [-0.1, -0.05) is 0 Å². The Morgan fingerprint density at radius 1 is 1.60 bits per heavy atom. The molecule has 88 valence electrons. The first kappa shape index (κ1) is 12.4. The summed E-state index contributed by atoms with van der Waals surface area (Å²) in [5.41, 5.74) is 4.77. The number of sulfonamides is 1. The van der Waals surface area contributed by atoms with Gasteiger partial charge in [0.1, 0.15) is 6.04 Å². The lowest BCUT2D eigenvalue weighted by Gasteiger charge is -2.41. The zero-order valence-electron chi connectivity index (χ0n) is 9.15. The van der Waals surface area contributed by atoms with E-state index < -0.39 is 21.6 Å². The molecule has 1 aliphatic rings. The van der Waals surface area contributed by atoms with E-state index in [1.54, 1.807) is 18.7 Å². The predicted molar refractivity (Wildman–Crippen MR) is 56.6 cm³/mol. The lowest BCUT2D eigenvalue weighted by molar-refractivity contribution is -0.143. The number of β-lactam (4-membered cyclic amide) rings is 1. The number of hydrogen-bond acceptors (Lipinski definition) is 4. The van der Waals surface area contributed by atoms with Crippen LogP contribution in [0.25, 0.3) is 0 Å². The van der Waals surface area contributed by atoms with Crippen LogP contribution in [0.4, 0.5) is 0 Å². The molecule has 1 aliphatic heterocycles. The Morgan fingerprint density at radius 3 is 2.47 bits per heavy atom. The van der Waals surface area contributed by atoms with Crippen molar-refractivity contribution < 1.29 is 13.2 Å². The van der Waals surface area contributed by atoms with Gasteiger partial charge >= 0.3 is 0 Å². The molecule has 1 fully saturated rings. The Bertz CT molecular complexity index is 363. The first-order valence-electron chi connectivity index (χ1n) is 4.64. The molecule has 15 heavy (non-hydrogen) atoms. The van der Waals surface area contributed by atoms with Gasteiger partial charge in [0, 0.05) is 18.6 Å². The molecule has 0 aromatic rings. The molecule has 3 N–H and O–H groups in total. The second-order valence-corrected chi connectivity index (χ2v) is 6.33. The maximum absolute atomic E-state index is 11.2. The van der Waals surface area contributed by atoms with Crippen LogP contribution in [0.2, 0.25) is 0 Å². The molecule has 0 saturated carbocycles. The number of nitrogens with zero attached hydrogens (tertiary/aromatic N) is 1. The zero-order valence-corrected chi connectivity index (χ0v) is 9.97. The standard InChI is InChI=1S/C8H17N3O3S/c1-8(2,10-15(3,13)14)5-11-4-6(9)7(11)12/h6,10H,4-5,9H2,1-3H3. The first-order valence-corrected chi connectivity index (χ1v) is 6.53. The second-order valence-electron chi connectivity index (χ2n) is 4.58. The summed E-state index contributed by atoms with van der Waals surface area (Å²) in [6.45, 7) is 4.29. The Balaban J connectivity index is 2.54. The third-order valence-electron chi connectivity index (χ3n) is 2.09. The molecule has 1 atom stereocenters. The van der Waals surface area contributed by atoms with E-state index in [1.807, 2.05) is 0 Å². The first-order chi connectivity index (χ1) is 6.61. The summed E-state index contributed by atoms with van der Waals surface area (Å²) >= 11 is 0. The molecule has 0 aliphatic carbocycles. The molecule has 1 heterocycles. The van der Waals surface area contributed by atoms with Gasteiger partial charge in [0.15, 0.2) is 0 Å². The van der Waals surface area contributed by atoms with Gasteiger partial charge in [-0.25, -0.2) is 13.1 Å². The van der Waals surface area contributed by atoms with Crippen molar-refractivity contribution in [3.63, 3.8) is 0 Å². The molecular formula is C8H17N3O3S. The highest BCUT2D eigenvalue weighted by molar-refractivity contribution is 7.88. The molecule has 0 spiro atoms. The summed E-state index contributed by atoms with van der Waals surface area (Å²) in [4.78, 5) is 12.8. The van der Waals surface area contributed by atoms with Crippen LogP contribution >= 0.6 is 0 Å². The normalized spacial score (nSPS) is 22.8. The highest BCUT2D eigenvalue weighted by Gasteiger charge is 2.37. The van der Waals surface area contributed by atoms with E-state index in [0.717, 1.165) is 6.26 Å². The fourth-order valence-electron chi connectivity index (χ4n) is 1.68. The van der Waals surface area contributed by atoms with Crippen molar-refractivity contribution >= 4 is 15.9 Å². The Kier molecular flexibility index (Phi) is 3.09. The van der Waals surface area contributed by atoms with Crippen molar-refractivity contribution in [1.82, 2.24) is 9.62 Å². The molecule has 0 aromatic carbocycles. The van der Waals surface area contributed by atoms with Gasteiger partial charge in [0.2, 0.25) is 15.9 Å². The molecular weight excluding hydrogens is 218 g/mol. The fraction of sp³-hybridized carbons (Fsp3) is 0.875. The molecule has 0 aromatic heterocycles. The molecule has 1 rings (SSSR count). The van der Waals surface area contributed by atoms with Crippen LogP contribution in [0.5, 0.6) is 0 Å². The van der Waals surface area contributed by atoms with Gasteiger partial charge in [-0.05, 0) is 13.8 Å². The summed E-state index contributed by atoms with van der Waals surface area (Å²) in [7, 11) is -3.26. The van der Waals surface area contributed by atoms with Gasteiger partial charge in [0.05, 0.1) is 6.26 Å². The molecule has 1 unspecified atom stereocenters. The van der Waals surface area contributed by atoms with Gasteiger partial charge in [-0.3, -0.25) is 4.79 Å². The van der Waals surface area contributed by atoms with E-state index in [4.69, 9.17) is 5.73 Å². The SMILES string of the molecule is CC(C)(CN1CC(N)C1=O)NS(C)(=O)=O. The third-order valence-corrected chi connectivity index (χ3v) is 3.02. The molecule has 6 nitrogen and oxygen atoms in total. The maximum Gasteiger partial charge on any atom is 0.241 e. The van der Waals surface area contributed by atoms with E-state index in [-0.39, 0.29) is 5.91 Å². The Morgan fingerprint density at radius 2 is 2.13 bits per heavy atom. The van der Waals surface area contributed by atoms with E-state index >= 15 is 0 Å². The highest BCUT2D eigenvalue weighted by Crippen LogP contribution is 2.14. The van der Waals surface area contributed by atoms with Crippen LogP contribution in [0, 0.1) is 0 Å². The number of rotatable bonds is 4. The molecule has 0 radical (unpaired) electrons. The topological polar surface area (TPSA) is 92.5 Å². The van der Waals surface area contributed by atoms with Crippen LogP contribution in [0.1, 0.15) is 13.8 Å². The summed E-state index contributed by atoms with van der Waals surface area (Å²) in [5, 5.41) is 0. The smallest absolute Gasteiger partial charge is 0.241 e. The number of nitrogens with two attached hydrogens (primary N) is 1. The quantitative estimate of drug-likeness (QED) is 0.579. The summed E-state index contributed by atoms with van der Waals surface area (Å²) in [5.74, 6) is -0.127. The molecule has 1 saturated heterocycles. The van der Waals surface area contributed by atoms with Crippen LogP contribution in [-0.4, -0.2) is 50.2 Å². The van der Waals surface area contributed by atoms with Crippen molar-refractivity contribution in [1.29, 1.82) is 0 Å². The Hall–Kier alpha value is -0.660. The predicted octanol–water partition coefficient (Wildman–Crippen LogP) is -1.52. The average Bonchev–Trinajstić information content (AvgIpc) is 1.98. The molecule has 0 bridgehead atoms. The van der Waals surface area contributed by atoms with Crippen molar-refractivity contribution in [3.8, 4) is 0 Å². The van der Waals surface area contributed by atoms with Gasteiger partial charge < -0.3 is 10.6 Å². The largest absolute Gasteiger partial charge is 0.337 e. The van der Waals surface area contributed by atoms with E-state index in [1.165, 1.54) is 0 Å². The van der Waals surface area contributed by atoms with Crippen molar-refractivity contribution in [3.05, 3.63) is 0 Å². The minimum atomic E-state index is -3.26. The fourth-order valence-corrected chi connectivity index (χ4v) is 2.75. The number of carbonyl (C=O) groups is 1. The van der Waals surface area contributed by atoms with Crippen LogP contribution in [-0.2, 0) is 14.8 Å². The van der Waals surface area contributed by atoms with Gasteiger partial charge in [-0.2, -0.15) is 0 Å². The monoisotopic (exact) mass is 235 g/mol. The van der Waals surface area contributed by atoms with Crippen molar-refractivity contribution in [2.75, 3.05) is 19.3 Å². The number of hydrogen-bond donors (Lipinski definition) is 2. The average molecular weight is 235 g/mol. The van der Waals surface area contributed by atoms with E-state index in [2.05, 4.69) is 4.72 Å². The summed E-state index contributed by atoms with van der Waals surface area (Å²) < 4.78 is 24.6. The minimum absolute atomic E-state index is 0.127. The zero-order chi connectivity index (χ0) is 11.9. The number of nitrogens with one attached hydrogen (secondary N) is 1. The van der Waals surface area contributed by atoms with Gasteiger partial charge in [-0.15, -0.1) is 0 Å². The number of likely N-dealkylation sites (tertiary alicyclic amines) is 1. The van der Waals surface area contributed by atoms with Crippen LogP contribution in [0.3, 0.4) is 0 Å². The summed E-state index contributed by atoms with van der Waals surface area (Å²) in [6.07, 6.45) is 1.10. The minimum Gasteiger partial charge on any atom is -0.337 e. The maximum atomic E-state index is 11.2. The van der Waals surface area contributed by atoms with Crippen LogP contribution in [0.15, 0.2) is 0 Å². The number of carbonyl (C=O) groups excluding carboxylic acids is 1. The van der Waals surface area contributed by atoms with E-state index in [9.17, 15) is 13.2 Å². The summed E-state index contributed by atoms with van der Waals surface area (Å²) in [6, 6.07) is -0.418. The van der Waals surface area contributed by atoms with Crippen molar-refractivity contribution in [2.24, 2.45) is 5.73 Å². The number of amides is 1. The lowest BCUT2D eigenvalue weighted by Crippen LogP contribution is -2.65. The molecule has 7 heteroatoms. The van der Waals surface area contributed by atoms with Gasteiger partial charge in [0.25, 0.3) is 0 Å². The highest BCUT2D eigenvalue weighted by atomic mass is 32.2. The second kappa shape index (κ2) is 3.73. The third kappa shape index (κ3) is 3.44. The van der Waals surface area contributed by atoms with Crippen LogP contribution < -0.4 is 10.5 Å².